The van der Waals surface area contributed by atoms with Gasteiger partial charge in [0.25, 0.3) is 0 Å². The molecule has 25 heavy (non-hydrogen) atoms. The van der Waals surface area contributed by atoms with Crippen molar-refractivity contribution in [2.24, 2.45) is 0 Å². The van der Waals surface area contributed by atoms with Crippen molar-refractivity contribution >= 4 is 17.3 Å². The second-order valence-corrected chi connectivity index (χ2v) is 6.05. The summed E-state index contributed by atoms with van der Waals surface area (Å²) in [6, 6.07) is 15.8. The molecule has 1 amide bonds. The van der Waals surface area contributed by atoms with Gasteiger partial charge in [0.15, 0.2) is 0 Å². The van der Waals surface area contributed by atoms with Crippen molar-refractivity contribution < 1.29 is 14.3 Å². The molecule has 0 aromatic heterocycles. The number of hydrogen-bond donors (Lipinski definition) is 1. The van der Waals surface area contributed by atoms with Crippen molar-refractivity contribution in [1.82, 2.24) is 0 Å². The van der Waals surface area contributed by atoms with Gasteiger partial charge in [-0.1, -0.05) is 18.2 Å². The number of anilines is 2. The molecule has 0 unspecified atom stereocenters. The zero-order valence-electron chi connectivity index (χ0n) is 14.5. The van der Waals surface area contributed by atoms with E-state index in [2.05, 4.69) is 16.3 Å². The number of carbonyl (C=O) groups excluding carboxylic acids is 1. The van der Waals surface area contributed by atoms with E-state index in [0.717, 1.165) is 49.0 Å². The maximum atomic E-state index is 12.3. The molecule has 1 aliphatic rings. The zero-order chi connectivity index (χ0) is 17.5. The molecule has 2 aromatic rings. The number of nitrogens with one attached hydrogen (secondary N) is 1. The largest absolute Gasteiger partial charge is 0.497 e. The summed E-state index contributed by atoms with van der Waals surface area (Å²) in [6.45, 7) is 3.26. The molecular weight excluding hydrogens is 316 g/mol. The van der Waals surface area contributed by atoms with Crippen molar-refractivity contribution in [3.63, 3.8) is 0 Å². The molecule has 0 saturated carbocycles. The minimum atomic E-state index is 0.0157. The third-order valence-corrected chi connectivity index (χ3v) is 4.28. The van der Waals surface area contributed by atoms with Crippen molar-refractivity contribution in [1.29, 1.82) is 0 Å². The number of benzene rings is 2. The monoisotopic (exact) mass is 340 g/mol. The zero-order valence-corrected chi connectivity index (χ0v) is 14.5. The number of ether oxygens (including phenoxy) is 2. The highest BCUT2D eigenvalue weighted by Crippen LogP contribution is 2.21. The molecule has 3 rings (SSSR count). The van der Waals surface area contributed by atoms with Gasteiger partial charge >= 0.3 is 0 Å². The van der Waals surface area contributed by atoms with Crippen LogP contribution in [0.5, 0.6) is 5.75 Å². The predicted molar refractivity (Wildman–Crippen MR) is 99.4 cm³/mol. The number of aryl methyl sites for hydroxylation is 1. The van der Waals surface area contributed by atoms with Gasteiger partial charge in [0.2, 0.25) is 5.91 Å². The normalized spacial score (nSPS) is 14.2. The van der Waals surface area contributed by atoms with Crippen LogP contribution in [-0.4, -0.2) is 39.3 Å². The van der Waals surface area contributed by atoms with E-state index >= 15 is 0 Å². The molecule has 5 heteroatoms. The first-order valence-corrected chi connectivity index (χ1v) is 8.60. The molecule has 2 aromatic carbocycles. The summed E-state index contributed by atoms with van der Waals surface area (Å²) in [5, 5.41) is 2.99. The van der Waals surface area contributed by atoms with Crippen LogP contribution in [0, 0.1) is 0 Å². The SMILES string of the molecule is COc1cccc(CCC(=O)Nc2cccc(N3CCOCC3)c2)c1. The Morgan fingerprint density at radius 1 is 1.16 bits per heavy atom. The molecule has 0 spiro atoms. The molecule has 132 valence electrons. The first kappa shape index (κ1) is 17.3. The lowest BCUT2D eigenvalue weighted by Crippen LogP contribution is -2.36. The van der Waals surface area contributed by atoms with E-state index in [0.29, 0.717) is 12.8 Å². The average molecular weight is 340 g/mol. The van der Waals surface area contributed by atoms with Gasteiger partial charge in [-0.2, -0.15) is 0 Å². The van der Waals surface area contributed by atoms with E-state index in [-0.39, 0.29) is 5.91 Å². The van der Waals surface area contributed by atoms with Gasteiger partial charge in [0.1, 0.15) is 5.75 Å². The van der Waals surface area contributed by atoms with E-state index in [9.17, 15) is 4.79 Å². The van der Waals surface area contributed by atoms with E-state index in [1.807, 2.05) is 42.5 Å². The van der Waals surface area contributed by atoms with E-state index in [1.54, 1.807) is 7.11 Å². The fourth-order valence-electron chi connectivity index (χ4n) is 2.91. The van der Waals surface area contributed by atoms with Gasteiger partial charge in [-0.3, -0.25) is 4.79 Å². The third-order valence-electron chi connectivity index (χ3n) is 4.28. The summed E-state index contributed by atoms with van der Waals surface area (Å²) in [5.74, 6) is 0.832. The number of carbonyl (C=O) groups is 1. The van der Waals surface area contributed by atoms with Crippen LogP contribution in [0.1, 0.15) is 12.0 Å². The van der Waals surface area contributed by atoms with E-state index in [1.165, 1.54) is 0 Å². The van der Waals surface area contributed by atoms with Gasteiger partial charge < -0.3 is 19.7 Å². The van der Waals surface area contributed by atoms with Crippen molar-refractivity contribution in [2.75, 3.05) is 43.6 Å². The maximum Gasteiger partial charge on any atom is 0.224 e. The number of morpholine rings is 1. The predicted octanol–water partition coefficient (Wildman–Crippen LogP) is 3.10. The summed E-state index contributed by atoms with van der Waals surface area (Å²) < 4.78 is 10.6. The molecule has 5 nitrogen and oxygen atoms in total. The summed E-state index contributed by atoms with van der Waals surface area (Å²) in [6.07, 6.45) is 1.13. The number of methoxy groups -OCH3 is 1. The average Bonchev–Trinajstić information content (AvgIpc) is 2.67. The van der Waals surface area contributed by atoms with E-state index in [4.69, 9.17) is 9.47 Å². The highest BCUT2D eigenvalue weighted by atomic mass is 16.5. The molecule has 1 saturated heterocycles. The molecule has 0 atom stereocenters. The van der Waals surface area contributed by atoms with E-state index < -0.39 is 0 Å². The third kappa shape index (κ3) is 4.97. The summed E-state index contributed by atoms with van der Waals surface area (Å²) in [5.41, 5.74) is 3.05. The van der Waals surface area contributed by atoms with Gasteiger partial charge in [-0.25, -0.2) is 0 Å². The lowest BCUT2D eigenvalue weighted by Gasteiger charge is -2.29. The molecule has 1 fully saturated rings. The Kier molecular flexibility index (Phi) is 5.90. The summed E-state index contributed by atoms with van der Waals surface area (Å²) >= 11 is 0. The maximum absolute atomic E-state index is 12.3. The van der Waals surface area contributed by atoms with Crippen LogP contribution in [0.4, 0.5) is 11.4 Å². The fourth-order valence-corrected chi connectivity index (χ4v) is 2.91. The van der Waals surface area contributed by atoms with Crippen LogP contribution in [-0.2, 0) is 16.0 Å². The van der Waals surface area contributed by atoms with Crippen LogP contribution in [0.3, 0.4) is 0 Å². The number of hydrogen-bond acceptors (Lipinski definition) is 4. The summed E-state index contributed by atoms with van der Waals surface area (Å²) in [4.78, 5) is 14.5. The Labute approximate surface area is 148 Å². The standard InChI is InChI=1S/C20H24N2O3/c1-24-19-7-2-4-16(14-19)8-9-20(23)21-17-5-3-6-18(15-17)22-10-12-25-13-11-22/h2-7,14-15H,8-13H2,1H3,(H,21,23). The Morgan fingerprint density at radius 3 is 2.76 bits per heavy atom. The Hall–Kier alpha value is -2.53. The van der Waals surface area contributed by atoms with Crippen LogP contribution in [0.2, 0.25) is 0 Å². The van der Waals surface area contributed by atoms with Gasteiger partial charge in [-0.05, 0) is 42.3 Å². The first-order valence-electron chi connectivity index (χ1n) is 8.60. The second kappa shape index (κ2) is 8.53. The molecule has 1 heterocycles. The Balaban J connectivity index is 1.55. The Morgan fingerprint density at radius 2 is 1.96 bits per heavy atom. The highest BCUT2D eigenvalue weighted by Gasteiger charge is 2.12. The lowest BCUT2D eigenvalue weighted by atomic mass is 10.1. The number of nitrogens with zero attached hydrogens (tertiary/aromatic N) is 1. The topological polar surface area (TPSA) is 50.8 Å². The highest BCUT2D eigenvalue weighted by molar-refractivity contribution is 5.91. The minimum Gasteiger partial charge on any atom is -0.497 e. The van der Waals surface area contributed by atoms with Crippen LogP contribution >= 0.6 is 0 Å². The first-order chi connectivity index (χ1) is 12.2. The molecule has 1 N–H and O–H groups in total. The number of amides is 1. The van der Waals surface area contributed by atoms with Gasteiger partial charge in [0, 0.05) is 30.9 Å². The van der Waals surface area contributed by atoms with Crippen molar-refractivity contribution in [3.8, 4) is 5.75 Å². The van der Waals surface area contributed by atoms with Gasteiger partial charge in [0.05, 0.1) is 20.3 Å². The number of rotatable bonds is 6. The van der Waals surface area contributed by atoms with Gasteiger partial charge in [-0.15, -0.1) is 0 Å². The minimum absolute atomic E-state index is 0.0157. The summed E-state index contributed by atoms with van der Waals surface area (Å²) in [7, 11) is 1.65. The quantitative estimate of drug-likeness (QED) is 0.878. The molecular formula is C20H24N2O3. The molecule has 1 aliphatic heterocycles. The van der Waals surface area contributed by atoms with Crippen LogP contribution < -0.4 is 15.0 Å². The van der Waals surface area contributed by atoms with Crippen LogP contribution in [0.15, 0.2) is 48.5 Å². The lowest BCUT2D eigenvalue weighted by molar-refractivity contribution is -0.116. The molecule has 0 aliphatic carbocycles. The fraction of sp³-hybridized carbons (Fsp3) is 0.350. The molecule has 0 bridgehead atoms. The molecule has 0 radical (unpaired) electrons. The second-order valence-electron chi connectivity index (χ2n) is 6.05. The van der Waals surface area contributed by atoms with Crippen molar-refractivity contribution in [3.05, 3.63) is 54.1 Å². The van der Waals surface area contributed by atoms with Crippen molar-refractivity contribution in [2.45, 2.75) is 12.8 Å². The Bertz CT molecular complexity index is 712. The van der Waals surface area contributed by atoms with Crippen LogP contribution in [0.25, 0.3) is 0 Å². The smallest absolute Gasteiger partial charge is 0.224 e.